The SMILES string of the molecule is Brc1cnc(I)nc1.C=CCBr.C=CCc1ncc(Br)cn1.C[CH-]C.[Br-].[Mg+2]. The van der Waals surface area contributed by atoms with Crippen LogP contribution in [0.3, 0.4) is 0 Å². The van der Waals surface area contributed by atoms with E-state index in [1.165, 1.54) is 0 Å². The molecule has 2 rings (SSSR count). The molecule has 10 heteroatoms. The number of rotatable bonds is 3. The number of nitrogens with zero attached hydrogens (tertiary/aromatic N) is 4. The van der Waals surface area contributed by atoms with Crippen molar-refractivity contribution in [1.82, 2.24) is 19.9 Å². The van der Waals surface area contributed by atoms with Gasteiger partial charge in [0.2, 0.25) is 0 Å². The summed E-state index contributed by atoms with van der Waals surface area (Å²) in [6.07, 6.45) is 13.2. The number of halogens is 5. The van der Waals surface area contributed by atoms with Gasteiger partial charge in [0.25, 0.3) is 0 Å². The third-order valence-corrected chi connectivity index (χ3v) is 3.53. The molecule has 0 aliphatic rings. The van der Waals surface area contributed by atoms with Crippen molar-refractivity contribution in [2.75, 3.05) is 5.33 Å². The first-order valence-corrected chi connectivity index (χ1v) is 10.8. The summed E-state index contributed by atoms with van der Waals surface area (Å²) in [6.45, 7) is 11.0. The second-order valence-electron chi connectivity index (χ2n) is 4.00. The van der Waals surface area contributed by atoms with E-state index in [9.17, 15) is 0 Å². The zero-order valence-corrected chi connectivity index (χ0v) is 25.2. The number of hydrogen-bond donors (Lipinski definition) is 0. The molecule has 0 amide bonds. The van der Waals surface area contributed by atoms with Crippen LogP contribution < -0.4 is 17.0 Å². The maximum absolute atomic E-state index is 4.04. The van der Waals surface area contributed by atoms with Crippen LogP contribution >= 0.6 is 70.4 Å². The summed E-state index contributed by atoms with van der Waals surface area (Å²) in [7, 11) is 0. The molecular formula is C17H21Br4IMgN4. The molecule has 0 spiro atoms. The average Bonchev–Trinajstić information content (AvgIpc) is 2.61. The van der Waals surface area contributed by atoms with Crippen LogP contribution in [0.25, 0.3) is 0 Å². The van der Waals surface area contributed by atoms with Crippen molar-refractivity contribution in [2.24, 2.45) is 0 Å². The van der Waals surface area contributed by atoms with Gasteiger partial charge < -0.3 is 23.4 Å². The minimum absolute atomic E-state index is 0. The van der Waals surface area contributed by atoms with E-state index in [0.29, 0.717) is 0 Å². The summed E-state index contributed by atoms with van der Waals surface area (Å²) in [5.74, 6) is 0.804. The molecule has 0 bridgehead atoms. The molecule has 27 heavy (non-hydrogen) atoms. The van der Waals surface area contributed by atoms with Gasteiger partial charge in [-0.1, -0.05) is 28.1 Å². The molecule has 0 aliphatic heterocycles. The number of allylic oxidation sites excluding steroid dienone is 2. The molecule has 0 fully saturated rings. The van der Waals surface area contributed by atoms with Gasteiger partial charge in [0.1, 0.15) is 5.82 Å². The number of hydrogen-bond acceptors (Lipinski definition) is 4. The van der Waals surface area contributed by atoms with E-state index in [-0.39, 0.29) is 40.0 Å². The zero-order chi connectivity index (χ0) is 19.5. The minimum atomic E-state index is 0. The van der Waals surface area contributed by atoms with Crippen molar-refractivity contribution in [1.29, 1.82) is 0 Å². The van der Waals surface area contributed by atoms with Crippen LogP contribution in [0.5, 0.6) is 0 Å². The van der Waals surface area contributed by atoms with Crippen molar-refractivity contribution in [3.8, 4) is 0 Å². The zero-order valence-electron chi connectivity index (χ0n) is 15.3. The minimum Gasteiger partial charge on any atom is -1.00 e. The molecule has 4 nitrogen and oxygen atoms in total. The summed E-state index contributed by atoms with van der Waals surface area (Å²) in [5, 5.41) is 0.896. The maximum atomic E-state index is 4.04. The van der Waals surface area contributed by atoms with Gasteiger partial charge in [0, 0.05) is 59.1 Å². The van der Waals surface area contributed by atoms with E-state index < -0.39 is 0 Å². The predicted molar refractivity (Wildman–Crippen MR) is 131 cm³/mol. The fourth-order valence-electron chi connectivity index (χ4n) is 0.870. The molecule has 2 heterocycles. The molecule has 146 valence electrons. The van der Waals surface area contributed by atoms with Crippen molar-refractivity contribution in [3.05, 3.63) is 75.1 Å². The van der Waals surface area contributed by atoms with Crippen molar-refractivity contribution >= 4 is 93.4 Å². The van der Waals surface area contributed by atoms with Crippen LogP contribution in [-0.2, 0) is 6.42 Å². The first kappa shape index (κ1) is 35.5. The third kappa shape index (κ3) is 27.1. The van der Waals surface area contributed by atoms with E-state index in [2.05, 4.69) is 103 Å². The topological polar surface area (TPSA) is 51.6 Å². The fourth-order valence-corrected chi connectivity index (χ4v) is 1.56. The molecule has 0 saturated heterocycles. The second-order valence-corrected chi connectivity index (χ2v) is 7.44. The Hall–Kier alpha value is 1.06. The predicted octanol–water partition coefficient (Wildman–Crippen LogP) is 3.23. The summed E-state index contributed by atoms with van der Waals surface area (Å²) in [4.78, 5) is 15.9. The first-order chi connectivity index (χ1) is 11.9. The molecule has 0 atom stereocenters. The van der Waals surface area contributed by atoms with Crippen LogP contribution in [0.15, 0.2) is 59.0 Å². The van der Waals surface area contributed by atoms with E-state index >= 15 is 0 Å². The molecular weight excluding hydrogens is 731 g/mol. The Bertz CT molecular complexity index is 551. The Morgan fingerprint density at radius 3 is 1.56 bits per heavy atom. The van der Waals surface area contributed by atoms with Crippen LogP contribution in [0, 0.1) is 10.3 Å². The van der Waals surface area contributed by atoms with Gasteiger partial charge in [0.15, 0.2) is 3.83 Å². The third-order valence-electron chi connectivity index (χ3n) is 1.70. The Morgan fingerprint density at radius 2 is 1.30 bits per heavy atom. The summed E-state index contributed by atoms with van der Waals surface area (Å²) in [6, 6.07) is 0. The van der Waals surface area contributed by atoms with Gasteiger partial charge in [-0.15, -0.1) is 13.2 Å². The van der Waals surface area contributed by atoms with Gasteiger partial charge in [0.05, 0.1) is 8.95 Å². The molecule has 2 aromatic heterocycles. The Balaban J connectivity index is -0.000000141. The van der Waals surface area contributed by atoms with Gasteiger partial charge >= 0.3 is 23.1 Å². The van der Waals surface area contributed by atoms with Crippen molar-refractivity contribution < 1.29 is 17.0 Å². The van der Waals surface area contributed by atoms with Gasteiger partial charge in [-0.2, -0.15) is 13.8 Å². The summed E-state index contributed by atoms with van der Waals surface area (Å²) < 4.78 is 2.59. The second kappa shape index (κ2) is 27.1. The van der Waals surface area contributed by atoms with Gasteiger partial charge in [-0.3, -0.25) is 0 Å². The standard InChI is InChI=1S/C7H7BrN2.C4H2BrIN2.C3H5Br.C3H7.BrH.Mg/c1-2-3-7-9-4-6(8)5-10-7;5-3-1-7-4(6)8-2-3;1-2-3-4;1-3-2;;/h2,4-5H,1,3H2;1-2H;2H,1,3H2;3H,1-2H3;1H;/q;;;-1;;+2/p-1. The molecule has 0 radical (unpaired) electrons. The molecule has 0 unspecified atom stereocenters. The van der Waals surface area contributed by atoms with Crippen molar-refractivity contribution in [3.63, 3.8) is 0 Å². The normalized spacial score (nSPS) is 7.78. The Kier molecular flexibility index (Phi) is 35.6. The molecule has 0 aliphatic carbocycles. The Labute approximate surface area is 228 Å². The monoisotopic (exact) mass is 748 g/mol. The fraction of sp³-hybridized carbons (Fsp3) is 0.235. The van der Waals surface area contributed by atoms with Crippen LogP contribution in [0.1, 0.15) is 19.7 Å². The maximum Gasteiger partial charge on any atom is 2.00 e. The summed E-state index contributed by atoms with van der Waals surface area (Å²) >= 11 is 11.6. The number of alkyl halides is 1. The average molecular weight is 752 g/mol. The molecule has 0 N–H and O–H groups in total. The van der Waals surface area contributed by atoms with E-state index in [0.717, 1.165) is 30.4 Å². The van der Waals surface area contributed by atoms with Crippen LogP contribution in [0.4, 0.5) is 0 Å². The Morgan fingerprint density at radius 1 is 0.963 bits per heavy atom. The van der Waals surface area contributed by atoms with Gasteiger partial charge in [-0.05, 0) is 31.9 Å². The van der Waals surface area contributed by atoms with E-state index in [1.54, 1.807) is 36.9 Å². The van der Waals surface area contributed by atoms with Crippen molar-refractivity contribution in [2.45, 2.75) is 20.3 Å². The van der Waals surface area contributed by atoms with Gasteiger partial charge in [-0.25, -0.2) is 19.9 Å². The molecule has 2 aromatic rings. The largest absolute Gasteiger partial charge is 2.00 e. The van der Waals surface area contributed by atoms with Crippen LogP contribution in [0.2, 0.25) is 0 Å². The smallest absolute Gasteiger partial charge is 1.00 e. The quantitative estimate of drug-likeness (QED) is 0.121. The summed E-state index contributed by atoms with van der Waals surface area (Å²) in [5.41, 5.74) is 0. The van der Waals surface area contributed by atoms with E-state index in [1.807, 2.05) is 20.3 Å². The molecule has 0 saturated carbocycles. The van der Waals surface area contributed by atoms with E-state index in [4.69, 9.17) is 0 Å². The van der Waals surface area contributed by atoms with Crippen LogP contribution in [-0.4, -0.2) is 48.3 Å². The first-order valence-electron chi connectivity index (χ1n) is 7.06. The number of aromatic nitrogens is 4. The molecule has 0 aromatic carbocycles.